The number of hydrogen-bond acceptors (Lipinski definition) is 6. The number of carboxylic acids is 1. The van der Waals surface area contributed by atoms with Gasteiger partial charge in [-0.25, -0.2) is 9.78 Å². The van der Waals surface area contributed by atoms with Gasteiger partial charge in [0.05, 0.1) is 25.7 Å². The SMILES string of the molecule is Cc1[nH]c(C(=O)N[C@@H]2CCN(c3nc4nccc(C(=O)O)c4s3)C[C@@H]2Cl)c(Cl)c1Cl. The third-order valence-electron chi connectivity index (χ3n) is 4.92. The van der Waals surface area contributed by atoms with Crippen LogP contribution >= 0.6 is 46.1 Å². The van der Waals surface area contributed by atoms with Crippen LogP contribution < -0.4 is 10.2 Å². The van der Waals surface area contributed by atoms with Gasteiger partial charge in [-0.1, -0.05) is 34.5 Å². The largest absolute Gasteiger partial charge is 0.478 e. The van der Waals surface area contributed by atoms with Crippen LogP contribution in [0.25, 0.3) is 10.3 Å². The number of aromatic carboxylic acids is 1. The Morgan fingerprint density at radius 3 is 2.77 bits per heavy atom. The fraction of sp³-hybridized carbons (Fsp3) is 0.333. The molecule has 1 fully saturated rings. The number of aryl methyl sites for hydroxylation is 1. The molecule has 1 amide bonds. The van der Waals surface area contributed by atoms with Crippen LogP contribution in [0.5, 0.6) is 0 Å². The average molecular weight is 489 g/mol. The number of nitrogens with one attached hydrogen (secondary N) is 2. The lowest BCUT2D eigenvalue weighted by molar-refractivity contribution is 0.0698. The van der Waals surface area contributed by atoms with Crippen LogP contribution in [0.1, 0.15) is 33.0 Å². The molecule has 4 rings (SSSR count). The molecule has 0 saturated carbocycles. The number of rotatable bonds is 4. The molecule has 1 aliphatic rings. The summed E-state index contributed by atoms with van der Waals surface area (Å²) in [6, 6.07) is 1.19. The number of fused-ring (bicyclic) bond motifs is 1. The zero-order valence-electron chi connectivity index (χ0n) is 15.6. The molecule has 1 aliphatic heterocycles. The molecule has 0 spiro atoms. The summed E-state index contributed by atoms with van der Waals surface area (Å²) < 4.78 is 0.523. The Morgan fingerprint density at radius 1 is 1.37 bits per heavy atom. The molecule has 0 unspecified atom stereocenters. The Kier molecular flexibility index (Phi) is 5.80. The number of carbonyl (C=O) groups is 2. The number of H-pyrrole nitrogens is 1. The van der Waals surface area contributed by atoms with Crippen molar-refractivity contribution in [3.63, 3.8) is 0 Å². The van der Waals surface area contributed by atoms with Gasteiger partial charge in [-0.3, -0.25) is 4.79 Å². The van der Waals surface area contributed by atoms with Gasteiger partial charge < -0.3 is 20.3 Å². The smallest absolute Gasteiger partial charge is 0.337 e. The van der Waals surface area contributed by atoms with E-state index in [2.05, 4.69) is 20.3 Å². The number of carboxylic acid groups (broad SMARTS) is 1. The van der Waals surface area contributed by atoms with Crippen molar-refractivity contribution in [3.8, 4) is 0 Å². The van der Waals surface area contributed by atoms with Gasteiger partial charge in [0.15, 0.2) is 10.8 Å². The lowest BCUT2D eigenvalue weighted by Gasteiger charge is -2.35. The fourth-order valence-electron chi connectivity index (χ4n) is 3.34. The quantitative estimate of drug-likeness (QED) is 0.480. The normalized spacial score (nSPS) is 19.3. The van der Waals surface area contributed by atoms with E-state index in [1.54, 1.807) is 6.92 Å². The van der Waals surface area contributed by atoms with Gasteiger partial charge in [-0.05, 0) is 19.4 Å². The predicted molar refractivity (Wildman–Crippen MR) is 118 cm³/mol. The Morgan fingerprint density at radius 2 is 2.13 bits per heavy atom. The number of alkyl halides is 1. The Balaban J connectivity index is 1.47. The molecular formula is C18H16Cl3N5O3S. The van der Waals surface area contributed by atoms with Gasteiger partial charge in [-0.15, -0.1) is 11.6 Å². The molecule has 8 nitrogen and oxygen atoms in total. The van der Waals surface area contributed by atoms with Crippen molar-refractivity contribution >= 4 is 73.5 Å². The fourth-order valence-corrected chi connectivity index (χ4v) is 5.17. The molecule has 1 saturated heterocycles. The van der Waals surface area contributed by atoms with E-state index in [4.69, 9.17) is 34.8 Å². The van der Waals surface area contributed by atoms with E-state index in [0.29, 0.717) is 45.7 Å². The third kappa shape index (κ3) is 3.82. The van der Waals surface area contributed by atoms with Crippen molar-refractivity contribution in [2.24, 2.45) is 0 Å². The number of nitrogens with zero attached hydrogens (tertiary/aromatic N) is 3. The summed E-state index contributed by atoms with van der Waals surface area (Å²) in [7, 11) is 0. The Labute approximate surface area is 190 Å². The topological polar surface area (TPSA) is 111 Å². The van der Waals surface area contributed by atoms with Crippen LogP contribution in [0.15, 0.2) is 12.3 Å². The molecule has 3 N–H and O–H groups in total. The highest BCUT2D eigenvalue weighted by Crippen LogP contribution is 2.33. The number of anilines is 1. The van der Waals surface area contributed by atoms with Crippen molar-refractivity contribution in [1.82, 2.24) is 20.3 Å². The zero-order chi connectivity index (χ0) is 21.6. The summed E-state index contributed by atoms with van der Waals surface area (Å²) >= 11 is 20.0. The third-order valence-corrected chi connectivity index (χ3v) is 7.45. The van der Waals surface area contributed by atoms with E-state index < -0.39 is 5.97 Å². The van der Waals surface area contributed by atoms with Crippen molar-refractivity contribution in [3.05, 3.63) is 39.3 Å². The summed E-state index contributed by atoms with van der Waals surface area (Å²) in [4.78, 5) is 37.5. The van der Waals surface area contributed by atoms with Crippen molar-refractivity contribution in [2.75, 3.05) is 18.0 Å². The number of amides is 1. The number of aromatic nitrogens is 3. The lowest BCUT2D eigenvalue weighted by Crippen LogP contribution is -2.52. The van der Waals surface area contributed by atoms with Crippen LogP contribution in [-0.2, 0) is 0 Å². The molecule has 4 heterocycles. The molecule has 3 aromatic heterocycles. The maximum atomic E-state index is 12.6. The second-order valence-corrected chi connectivity index (χ2v) is 9.19. The van der Waals surface area contributed by atoms with E-state index in [1.165, 1.54) is 23.6 Å². The number of halogens is 3. The van der Waals surface area contributed by atoms with Crippen LogP contribution in [-0.4, -0.2) is 56.4 Å². The number of aromatic amines is 1. The van der Waals surface area contributed by atoms with Crippen molar-refractivity contribution < 1.29 is 14.7 Å². The van der Waals surface area contributed by atoms with Crippen molar-refractivity contribution in [1.29, 1.82) is 0 Å². The van der Waals surface area contributed by atoms with E-state index >= 15 is 0 Å². The highest BCUT2D eigenvalue weighted by atomic mass is 35.5. The number of thiazole rings is 1. The number of hydrogen-bond donors (Lipinski definition) is 3. The molecular weight excluding hydrogens is 473 g/mol. The summed E-state index contributed by atoms with van der Waals surface area (Å²) in [5.41, 5.74) is 1.40. The van der Waals surface area contributed by atoms with E-state index in [9.17, 15) is 14.7 Å². The summed E-state index contributed by atoms with van der Waals surface area (Å²) in [5, 5.41) is 13.0. The van der Waals surface area contributed by atoms with E-state index in [0.717, 1.165) is 0 Å². The molecule has 0 radical (unpaired) electrons. The first-order valence-corrected chi connectivity index (χ1v) is 11.0. The molecule has 30 heavy (non-hydrogen) atoms. The summed E-state index contributed by atoms with van der Waals surface area (Å²) in [6.07, 6.45) is 2.02. The minimum Gasteiger partial charge on any atom is -0.478 e. The maximum absolute atomic E-state index is 12.6. The standard InChI is InChI=1S/C18H16Cl3N5O3S/c1-7-11(20)12(21)13(23-7)16(27)24-10-3-5-26(6-9(10)19)18-25-15-14(30-18)8(17(28)29)2-4-22-15/h2,4,9-10,23H,3,5-6H2,1H3,(H,24,27)(H,28,29)/t9-,10+/m0/s1. The van der Waals surface area contributed by atoms with E-state index in [1.807, 2.05) is 4.90 Å². The lowest BCUT2D eigenvalue weighted by atomic mass is 10.0. The zero-order valence-corrected chi connectivity index (χ0v) is 18.7. The van der Waals surface area contributed by atoms with Crippen LogP contribution in [0.2, 0.25) is 10.0 Å². The summed E-state index contributed by atoms with van der Waals surface area (Å²) in [6.45, 7) is 2.76. The average Bonchev–Trinajstić information content (AvgIpc) is 3.26. The first kappa shape index (κ1) is 21.2. The molecule has 2 atom stereocenters. The summed E-state index contributed by atoms with van der Waals surface area (Å²) in [5.74, 6) is -1.39. The molecule has 0 aliphatic carbocycles. The first-order valence-electron chi connectivity index (χ1n) is 8.98. The number of pyridine rings is 1. The predicted octanol–water partition coefficient (Wildman–Crippen LogP) is 3.95. The number of piperidine rings is 1. The second kappa shape index (κ2) is 8.22. The Bertz CT molecular complexity index is 1150. The van der Waals surface area contributed by atoms with Crippen molar-refractivity contribution in [2.45, 2.75) is 24.8 Å². The second-order valence-electron chi connectivity index (χ2n) is 6.90. The first-order chi connectivity index (χ1) is 14.3. The van der Waals surface area contributed by atoms with Gasteiger partial charge in [0.25, 0.3) is 5.91 Å². The maximum Gasteiger partial charge on any atom is 0.337 e. The van der Waals surface area contributed by atoms with Crippen LogP contribution in [0, 0.1) is 6.92 Å². The minimum atomic E-state index is -1.02. The van der Waals surface area contributed by atoms with Gasteiger partial charge in [0, 0.05) is 31.0 Å². The molecule has 0 bridgehead atoms. The van der Waals surface area contributed by atoms with Crippen LogP contribution in [0.4, 0.5) is 5.13 Å². The highest BCUT2D eigenvalue weighted by molar-refractivity contribution is 7.22. The van der Waals surface area contributed by atoms with Gasteiger partial charge in [0.2, 0.25) is 0 Å². The molecule has 3 aromatic rings. The monoisotopic (exact) mass is 487 g/mol. The molecule has 12 heteroatoms. The molecule has 158 valence electrons. The number of carbonyl (C=O) groups excluding carboxylic acids is 1. The van der Waals surface area contributed by atoms with Crippen LogP contribution in [0.3, 0.4) is 0 Å². The van der Waals surface area contributed by atoms with Gasteiger partial charge in [0.1, 0.15) is 5.69 Å². The minimum absolute atomic E-state index is 0.171. The Hall–Kier alpha value is -2.07. The van der Waals surface area contributed by atoms with Gasteiger partial charge >= 0.3 is 5.97 Å². The molecule has 0 aromatic carbocycles. The van der Waals surface area contributed by atoms with Gasteiger partial charge in [-0.2, -0.15) is 4.98 Å². The highest BCUT2D eigenvalue weighted by Gasteiger charge is 2.32. The van der Waals surface area contributed by atoms with E-state index in [-0.39, 0.29) is 33.6 Å².